The lowest BCUT2D eigenvalue weighted by Crippen LogP contribution is -2.24. The molecular weight excluding hydrogens is 124 g/mol. The molecule has 0 saturated carbocycles. The standard InChI is InChI=1S/C9H13O/c1-3-9(2,10)8-6-4-5-7-8/h4-7,10H,3H2,1-2H3. The molecule has 1 aliphatic carbocycles. The van der Waals surface area contributed by atoms with E-state index in [-0.39, 0.29) is 0 Å². The van der Waals surface area contributed by atoms with Crippen LogP contribution in [0.5, 0.6) is 0 Å². The molecule has 0 amide bonds. The Balaban J connectivity index is 2.65. The quantitative estimate of drug-likeness (QED) is 0.615. The first-order valence-corrected chi connectivity index (χ1v) is 3.61. The van der Waals surface area contributed by atoms with E-state index in [1.807, 2.05) is 38.5 Å². The van der Waals surface area contributed by atoms with Gasteiger partial charge >= 0.3 is 0 Å². The molecule has 0 heterocycles. The van der Waals surface area contributed by atoms with E-state index in [0.29, 0.717) is 0 Å². The van der Waals surface area contributed by atoms with Crippen LogP contribution in [-0.4, -0.2) is 10.7 Å². The molecule has 1 N–H and O–H groups in total. The van der Waals surface area contributed by atoms with Crippen molar-refractivity contribution in [2.45, 2.75) is 25.9 Å². The van der Waals surface area contributed by atoms with Gasteiger partial charge in [0, 0.05) is 6.42 Å². The van der Waals surface area contributed by atoms with Crippen molar-refractivity contribution < 1.29 is 5.11 Å². The topological polar surface area (TPSA) is 20.2 Å². The summed E-state index contributed by atoms with van der Waals surface area (Å²) in [6.07, 6.45) is 8.54. The van der Waals surface area contributed by atoms with Gasteiger partial charge in [-0.3, -0.25) is 0 Å². The molecule has 55 valence electrons. The van der Waals surface area contributed by atoms with Gasteiger partial charge in [-0.05, 0) is 18.9 Å². The molecule has 1 heteroatoms. The molecule has 0 fully saturated rings. The van der Waals surface area contributed by atoms with Gasteiger partial charge in [0.25, 0.3) is 0 Å². The lowest BCUT2D eigenvalue weighted by Gasteiger charge is -2.22. The minimum Gasteiger partial charge on any atom is -0.386 e. The molecule has 1 atom stereocenters. The molecule has 0 aromatic rings. The van der Waals surface area contributed by atoms with E-state index in [0.717, 1.165) is 12.0 Å². The van der Waals surface area contributed by atoms with Gasteiger partial charge in [0.1, 0.15) is 0 Å². The van der Waals surface area contributed by atoms with Gasteiger partial charge in [-0.15, -0.1) is 0 Å². The van der Waals surface area contributed by atoms with Crippen molar-refractivity contribution >= 4 is 0 Å². The predicted molar refractivity (Wildman–Crippen MR) is 42.4 cm³/mol. The maximum Gasteiger partial charge on any atom is 0.0835 e. The first-order chi connectivity index (χ1) is 4.67. The molecule has 0 spiro atoms. The third kappa shape index (κ3) is 1.29. The van der Waals surface area contributed by atoms with Gasteiger partial charge in [-0.1, -0.05) is 25.2 Å². The zero-order valence-electron chi connectivity index (χ0n) is 6.46. The number of hydrogen-bond acceptors (Lipinski definition) is 1. The molecule has 1 unspecified atom stereocenters. The van der Waals surface area contributed by atoms with E-state index in [1.54, 1.807) is 0 Å². The minimum absolute atomic E-state index is 0.635. The summed E-state index contributed by atoms with van der Waals surface area (Å²) in [6, 6.07) is 0. The van der Waals surface area contributed by atoms with E-state index in [2.05, 4.69) is 0 Å². The maximum absolute atomic E-state index is 9.68. The van der Waals surface area contributed by atoms with Gasteiger partial charge in [0.2, 0.25) is 0 Å². The Morgan fingerprint density at radius 1 is 1.50 bits per heavy atom. The molecular formula is C9H13O. The highest BCUT2D eigenvalue weighted by Gasteiger charge is 2.23. The van der Waals surface area contributed by atoms with Crippen LogP contribution in [0, 0.1) is 6.42 Å². The van der Waals surface area contributed by atoms with Crippen molar-refractivity contribution in [2.24, 2.45) is 0 Å². The summed E-state index contributed by atoms with van der Waals surface area (Å²) in [4.78, 5) is 0. The summed E-state index contributed by atoms with van der Waals surface area (Å²) in [5, 5.41) is 9.68. The van der Waals surface area contributed by atoms with Crippen molar-refractivity contribution in [3.63, 3.8) is 0 Å². The number of allylic oxidation sites excluding steroid dienone is 3. The molecule has 1 nitrogen and oxygen atoms in total. The van der Waals surface area contributed by atoms with Crippen molar-refractivity contribution in [2.75, 3.05) is 0 Å². The highest BCUT2D eigenvalue weighted by molar-refractivity contribution is 5.39. The Morgan fingerprint density at radius 3 is 2.60 bits per heavy atom. The van der Waals surface area contributed by atoms with Crippen molar-refractivity contribution in [1.29, 1.82) is 0 Å². The van der Waals surface area contributed by atoms with Crippen molar-refractivity contribution in [1.82, 2.24) is 0 Å². The largest absolute Gasteiger partial charge is 0.386 e. The fraction of sp³-hybridized carbons (Fsp3) is 0.444. The van der Waals surface area contributed by atoms with E-state index in [4.69, 9.17) is 0 Å². The summed E-state index contributed by atoms with van der Waals surface area (Å²) in [5.74, 6) is 0. The van der Waals surface area contributed by atoms with Crippen LogP contribution in [0.15, 0.2) is 23.8 Å². The molecule has 0 aromatic carbocycles. The van der Waals surface area contributed by atoms with Crippen LogP contribution in [0.25, 0.3) is 0 Å². The highest BCUT2D eigenvalue weighted by Crippen LogP contribution is 2.25. The lowest BCUT2D eigenvalue weighted by atomic mass is 9.92. The second kappa shape index (κ2) is 2.59. The SMILES string of the molecule is CCC(C)(O)C1=CC=C[CH]1. The predicted octanol–water partition coefficient (Wildman–Crippen LogP) is 1.85. The highest BCUT2D eigenvalue weighted by atomic mass is 16.3. The first kappa shape index (κ1) is 7.55. The number of rotatable bonds is 2. The third-order valence-electron chi connectivity index (χ3n) is 1.97. The Hall–Kier alpha value is -0.560. The molecule has 10 heavy (non-hydrogen) atoms. The third-order valence-corrected chi connectivity index (χ3v) is 1.97. The summed E-state index contributed by atoms with van der Waals surface area (Å²) in [6.45, 7) is 3.81. The average molecular weight is 137 g/mol. The van der Waals surface area contributed by atoms with Crippen LogP contribution in [0.1, 0.15) is 20.3 Å². The van der Waals surface area contributed by atoms with Gasteiger partial charge in [0.05, 0.1) is 5.60 Å². The van der Waals surface area contributed by atoms with Crippen LogP contribution >= 0.6 is 0 Å². The fourth-order valence-corrected chi connectivity index (χ4v) is 0.937. The van der Waals surface area contributed by atoms with E-state index < -0.39 is 5.60 Å². The second-order valence-electron chi connectivity index (χ2n) is 2.80. The minimum atomic E-state index is -0.635. The van der Waals surface area contributed by atoms with Crippen LogP contribution < -0.4 is 0 Å². The Bertz CT molecular complexity index is 175. The Kier molecular flexibility index (Phi) is 1.95. The van der Waals surface area contributed by atoms with Gasteiger partial charge in [0.15, 0.2) is 0 Å². The molecule has 1 aliphatic rings. The smallest absolute Gasteiger partial charge is 0.0835 e. The van der Waals surface area contributed by atoms with Gasteiger partial charge < -0.3 is 5.11 Å². The molecule has 0 saturated heterocycles. The van der Waals surface area contributed by atoms with Crippen molar-refractivity contribution in [3.05, 3.63) is 30.2 Å². The molecule has 1 radical (unpaired) electrons. The van der Waals surface area contributed by atoms with Gasteiger partial charge in [-0.25, -0.2) is 0 Å². The van der Waals surface area contributed by atoms with E-state index in [1.165, 1.54) is 0 Å². The average Bonchev–Trinajstić information content (AvgIpc) is 2.38. The molecule has 0 aliphatic heterocycles. The van der Waals surface area contributed by atoms with Crippen LogP contribution in [0.2, 0.25) is 0 Å². The van der Waals surface area contributed by atoms with E-state index >= 15 is 0 Å². The Labute approximate surface area is 62.1 Å². The van der Waals surface area contributed by atoms with E-state index in [9.17, 15) is 5.11 Å². The first-order valence-electron chi connectivity index (χ1n) is 3.61. The number of aliphatic hydroxyl groups is 1. The zero-order chi connectivity index (χ0) is 7.61. The van der Waals surface area contributed by atoms with Crippen molar-refractivity contribution in [3.8, 4) is 0 Å². The number of hydrogen-bond donors (Lipinski definition) is 1. The normalized spacial score (nSPS) is 22.5. The van der Waals surface area contributed by atoms with Gasteiger partial charge in [-0.2, -0.15) is 0 Å². The van der Waals surface area contributed by atoms with Crippen LogP contribution in [0.4, 0.5) is 0 Å². The lowest BCUT2D eigenvalue weighted by molar-refractivity contribution is 0.0972. The summed E-state index contributed by atoms with van der Waals surface area (Å²) in [5.41, 5.74) is 0.374. The molecule has 0 aromatic heterocycles. The fourth-order valence-electron chi connectivity index (χ4n) is 0.937. The van der Waals surface area contributed by atoms with Crippen LogP contribution in [0.3, 0.4) is 0 Å². The van der Waals surface area contributed by atoms with Crippen LogP contribution in [-0.2, 0) is 0 Å². The summed E-state index contributed by atoms with van der Waals surface area (Å²) >= 11 is 0. The Morgan fingerprint density at radius 2 is 2.20 bits per heavy atom. The summed E-state index contributed by atoms with van der Waals surface area (Å²) < 4.78 is 0. The monoisotopic (exact) mass is 137 g/mol. The zero-order valence-corrected chi connectivity index (χ0v) is 6.46. The summed E-state index contributed by atoms with van der Waals surface area (Å²) in [7, 11) is 0. The second-order valence-corrected chi connectivity index (χ2v) is 2.80. The maximum atomic E-state index is 9.68. The molecule has 0 bridgehead atoms. The molecule has 1 rings (SSSR count).